The van der Waals surface area contributed by atoms with Crippen LogP contribution in [0, 0.1) is 10.1 Å². The number of aliphatic hydroxyl groups excluding tert-OH is 1. The van der Waals surface area contributed by atoms with Crippen LogP contribution >= 0.6 is 0 Å². The Bertz CT molecular complexity index is 474. The standard InChI is InChI=1S/C12H15N3O4/c16-10-5-11(13-7-10)12(17)14-6-8-1-3-9(4-2-8)15(18)19/h1-4,10-11,13,16H,5-7H2,(H,14,17). The van der Waals surface area contributed by atoms with Crippen LogP contribution in [0.4, 0.5) is 5.69 Å². The van der Waals surface area contributed by atoms with Crippen molar-refractivity contribution in [3.8, 4) is 0 Å². The van der Waals surface area contributed by atoms with Gasteiger partial charge in [-0.1, -0.05) is 12.1 Å². The van der Waals surface area contributed by atoms with Crippen LogP contribution in [0.25, 0.3) is 0 Å². The van der Waals surface area contributed by atoms with E-state index in [1.165, 1.54) is 12.1 Å². The lowest BCUT2D eigenvalue weighted by molar-refractivity contribution is -0.384. The molecule has 3 N–H and O–H groups in total. The van der Waals surface area contributed by atoms with Gasteiger partial charge < -0.3 is 15.7 Å². The summed E-state index contributed by atoms with van der Waals surface area (Å²) in [6.07, 6.45) is -0.0679. The SMILES string of the molecule is O=C(NCc1ccc([N+](=O)[O-])cc1)C1CC(O)CN1. The molecule has 1 aromatic carbocycles. The topological polar surface area (TPSA) is 104 Å². The minimum atomic E-state index is -0.477. The Morgan fingerprint density at radius 3 is 2.68 bits per heavy atom. The number of hydrogen-bond acceptors (Lipinski definition) is 5. The fraction of sp³-hybridized carbons (Fsp3) is 0.417. The smallest absolute Gasteiger partial charge is 0.269 e. The van der Waals surface area contributed by atoms with E-state index in [-0.39, 0.29) is 17.6 Å². The maximum atomic E-state index is 11.7. The van der Waals surface area contributed by atoms with Gasteiger partial charge in [0.25, 0.3) is 5.69 Å². The van der Waals surface area contributed by atoms with Crippen LogP contribution in [0.15, 0.2) is 24.3 Å². The zero-order chi connectivity index (χ0) is 13.8. The Balaban J connectivity index is 1.85. The molecule has 2 rings (SSSR count). The number of nitrogens with zero attached hydrogens (tertiary/aromatic N) is 1. The molecule has 0 radical (unpaired) electrons. The Kier molecular flexibility index (Phi) is 4.08. The number of benzene rings is 1. The Morgan fingerprint density at radius 1 is 1.47 bits per heavy atom. The van der Waals surface area contributed by atoms with Crippen LogP contribution in [0.2, 0.25) is 0 Å². The number of carbonyl (C=O) groups is 1. The molecule has 7 nitrogen and oxygen atoms in total. The molecule has 1 fully saturated rings. The van der Waals surface area contributed by atoms with Crippen LogP contribution in [0.5, 0.6) is 0 Å². The van der Waals surface area contributed by atoms with E-state index in [0.29, 0.717) is 19.5 Å². The van der Waals surface area contributed by atoms with Crippen LogP contribution in [0.1, 0.15) is 12.0 Å². The summed E-state index contributed by atoms with van der Waals surface area (Å²) in [7, 11) is 0. The maximum absolute atomic E-state index is 11.7. The molecule has 1 aliphatic heterocycles. The molecule has 1 heterocycles. The number of rotatable bonds is 4. The molecular weight excluding hydrogens is 250 g/mol. The molecule has 0 bridgehead atoms. The number of amides is 1. The molecule has 1 amide bonds. The van der Waals surface area contributed by atoms with Crippen LogP contribution in [-0.2, 0) is 11.3 Å². The van der Waals surface area contributed by atoms with Crippen molar-refractivity contribution in [2.75, 3.05) is 6.54 Å². The van der Waals surface area contributed by atoms with E-state index >= 15 is 0 Å². The second kappa shape index (κ2) is 5.77. The zero-order valence-electron chi connectivity index (χ0n) is 10.2. The van der Waals surface area contributed by atoms with Gasteiger partial charge in [-0.25, -0.2) is 0 Å². The number of nitro benzene ring substituents is 1. The summed E-state index contributed by atoms with van der Waals surface area (Å²) in [4.78, 5) is 21.8. The molecule has 0 aromatic heterocycles. The predicted octanol–water partition coefficient (Wildman–Crippen LogP) is -0.0662. The number of carbonyl (C=O) groups excluding carboxylic acids is 1. The lowest BCUT2D eigenvalue weighted by atomic mass is 10.1. The summed E-state index contributed by atoms with van der Waals surface area (Å²) < 4.78 is 0. The van der Waals surface area contributed by atoms with Gasteiger partial charge in [-0.3, -0.25) is 14.9 Å². The van der Waals surface area contributed by atoms with Crippen LogP contribution < -0.4 is 10.6 Å². The highest BCUT2D eigenvalue weighted by Crippen LogP contribution is 2.12. The third-order valence-corrected chi connectivity index (χ3v) is 3.04. The van der Waals surface area contributed by atoms with Crippen molar-refractivity contribution in [3.63, 3.8) is 0 Å². The molecule has 1 aromatic rings. The predicted molar refractivity (Wildman–Crippen MR) is 67.4 cm³/mol. The summed E-state index contributed by atoms with van der Waals surface area (Å²) in [5.74, 6) is -0.171. The van der Waals surface area contributed by atoms with E-state index in [1.807, 2.05) is 0 Å². The molecule has 0 aliphatic carbocycles. The number of β-amino-alcohol motifs (C(OH)–C–C–N with tert-alkyl or cyclic N) is 1. The highest BCUT2D eigenvalue weighted by molar-refractivity contribution is 5.82. The molecular formula is C12H15N3O4. The number of nitrogens with one attached hydrogen (secondary N) is 2. The summed E-state index contributed by atoms with van der Waals surface area (Å²) in [5, 5.41) is 25.4. The third-order valence-electron chi connectivity index (χ3n) is 3.04. The average Bonchev–Trinajstić information content (AvgIpc) is 2.83. The zero-order valence-corrected chi connectivity index (χ0v) is 10.2. The number of non-ortho nitro benzene ring substituents is 1. The molecule has 102 valence electrons. The van der Waals surface area contributed by atoms with Gasteiger partial charge in [-0.2, -0.15) is 0 Å². The second-order valence-electron chi connectivity index (χ2n) is 4.49. The molecule has 19 heavy (non-hydrogen) atoms. The maximum Gasteiger partial charge on any atom is 0.269 e. The average molecular weight is 265 g/mol. The van der Waals surface area contributed by atoms with Crippen molar-refractivity contribution in [3.05, 3.63) is 39.9 Å². The fourth-order valence-corrected chi connectivity index (χ4v) is 1.96. The van der Waals surface area contributed by atoms with Gasteiger partial charge in [0.2, 0.25) is 5.91 Å². The normalized spacial score (nSPS) is 22.2. The largest absolute Gasteiger partial charge is 0.392 e. The van der Waals surface area contributed by atoms with Gasteiger partial charge in [-0.05, 0) is 12.0 Å². The van der Waals surface area contributed by atoms with Crippen molar-refractivity contribution in [2.24, 2.45) is 0 Å². The van der Waals surface area contributed by atoms with Gasteiger partial charge >= 0.3 is 0 Å². The monoisotopic (exact) mass is 265 g/mol. The van der Waals surface area contributed by atoms with E-state index in [0.717, 1.165) is 5.56 Å². The van der Waals surface area contributed by atoms with Crippen LogP contribution in [0.3, 0.4) is 0 Å². The van der Waals surface area contributed by atoms with Crippen molar-refractivity contribution in [1.29, 1.82) is 0 Å². The summed E-state index contributed by atoms with van der Waals surface area (Å²) in [6, 6.07) is 5.65. The second-order valence-corrected chi connectivity index (χ2v) is 4.49. The minimum Gasteiger partial charge on any atom is -0.392 e. The lowest BCUT2D eigenvalue weighted by Crippen LogP contribution is -2.39. The molecule has 2 atom stereocenters. The highest BCUT2D eigenvalue weighted by atomic mass is 16.6. The first-order valence-corrected chi connectivity index (χ1v) is 5.99. The van der Waals surface area contributed by atoms with E-state index in [1.54, 1.807) is 12.1 Å². The molecule has 0 spiro atoms. The van der Waals surface area contributed by atoms with Crippen molar-refractivity contribution in [2.45, 2.75) is 25.1 Å². The summed E-state index contributed by atoms with van der Waals surface area (Å²) >= 11 is 0. The molecule has 0 saturated carbocycles. The lowest BCUT2D eigenvalue weighted by Gasteiger charge is -2.10. The first kappa shape index (κ1) is 13.4. The van der Waals surface area contributed by atoms with E-state index in [4.69, 9.17) is 0 Å². The minimum absolute atomic E-state index is 0.0238. The van der Waals surface area contributed by atoms with Crippen molar-refractivity contribution in [1.82, 2.24) is 10.6 Å². The quantitative estimate of drug-likeness (QED) is 0.522. The van der Waals surface area contributed by atoms with Gasteiger partial charge in [0, 0.05) is 25.2 Å². The van der Waals surface area contributed by atoms with Gasteiger partial charge in [0.15, 0.2) is 0 Å². The van der Waals surface area contributed by atoms with Crippen LogP contribution in [-0.4, -0.2) is 34.6 Å². The molecule has 2 unspecified atom stereocenters. The highest BCUT2D eigenvalue weighted by Gasteiger charge is 2.27. The summed E-state index contributed by atoms with van der Waals surface area (Å²) in [6.45, 7) is 0.737. The first-order valence-electron chi connectivity index (χ1n) is 5.99. The number of nitro groups is 1. The molecule has 1 saturated heterocycles. The first-order chi connectivity index (χ1) is 9.06. The number of hydrogen-bond donors (Lipinski definition) is 3. The van der Waals surface area contributed by atoms with Gasteiger partial charge in [0.05, 0.1) is 17.1 Å². The van der Waals surface area contributed by atoms with Crippen molar-refractivity contribution < 1.29 is 14.8 Å². The van der Waals surface area contributed by atoms with Crippen molar-refractivity contribution >= 4 is 11.6 Å². The van der Waals surface area contributed by atoms with E-state index in [9.17, 15) is 20.0 Å². The number of aliphatic hydroxyl groups is 1. The van der Waals surface area contributed by atoms with E-state index < -0.39 is 11.0 Å². The van der Waals surface area contributed by atoms with Gasteiger partial charge in [0.1, 0.15) is 0 Å². The molecule has 1 aliphatic rings. The Hall–Kier alpha value is -1.99. The third kappa shape index (κ3) is 3.49. The summed E-state index contributed by atoms with van der Waals surface area (Å²) in [5.41, 5.74) is 0.813. The fourth-order valence-electron chi connectivity index (χ4n) is 1.96. The Morgan fingerprint density at radius 2 is 2.16 bits per heavy atom. The van der Waals surface area contributed by atoms with Gasteiger partial charge in [-0.15, -0.1) is 0 Å². The Labute approximate surface area is 109 Å². The van der Waals surface area contributed by atoms with E-state index in [2.05, 4.69) is 10.6 Å². The molecule has 7 heteroatoms.